The third kappa shape index (κ3) is 3.31. The van der Waals surface area contributed by atoms with Crippen molar-refractivity contribution in [3.05, 3.63) is 18.2 Å². The average molecular weight is 335 g/mol. The normalized spacial score (nSPS) is 17.1. The van der Waals surface area contributed by atoms with E-state index in [0.717, 1.165) is 29.1 Å². The minimum absolute atomic E-state index is 0.120. The maximum Gasteiger partial charge on any atom is 0.258 e. The zero-order chi connectivity index (χ0) is 16.3. The number of fused-ring (bicyclic) bond motifs is 1. The van der Waals surface area contributed by atoms with Crippen LogP contribution in [-0.2, 0) is 9.53 Å². The highest BCUT2D eigenvalue weighted by molar-refractivity contribution is 7.22. The van der Waals surface area contributed by atoms with E-state index in [1.165, 1.54) is 11.3 Å². The quantitative estimate of drug-likeness (QED) is 0.878. The van der Waals surface area contributed by atoms with Gasteiger partial charge < -0.3 is 14.8 Å². The molecule has 124 valence electrons. The second-order valence-electron chi connectivity index (χ2n) is 5.48. The molecule has 1 fully saturated rings. The fourth-order valence-electron chi connectivity index (χ4n) is 2.78. The number of nitrogens with one attached hydrogen (secondary N) is 2. The van der Waals surface area contributed by atoms with E-state index in [2.05, 4.69) is 15.6 Å². The number of ether oxygens (including phenoxy) is 2. The Bertz CT molecular complexity index is 695. The second-order valence-corrected chi connectivity index (χ2v) is 6.51. The van der Waals surface area contributed by atoms with Crippen molar-refractivity contribution in [1.29, 1.82) is 0 Å². The van der Waals surface area contributed by atoms with Gasteiger partial charge in [-0.25, -0.2) is 4.98 Å². The molecule has 0 aliphatic carbocycles. The van der Waals surface area contributed by atoms with Gasteiger partial charge >= 0.3 is 0 Å². The summed E-state index contributed by atoms with van der Waals surface area (Å²) in [6.07, 6.45) is 1.32. The van der Waals surface area contributed by atoms with Gasteiger partial charge in [0.15, 0.2) is 5.13 Å². The lowest BCUT2D eigenvalue weighted by Gasteiger charge is -2.34. The molecule has 1 amide bonds. The van der Waals surface area contributed by atoms with Gasteiger partial charge in [0.2, 0.25) is 0 Å². The first kappa shape index (κ1) is 16.2. The van der Waals surface area contributed by atoms with Crippen molar-refractivity contribution in [3.63, 3.8) is 0 Å². The first-order valence-corrected chi connectivity index (χ1v) is 8.59. The molecule has 0 spiro atoms. The molecule has 2 heterocycles. The molecule has 1 aliphatic heterocycles. The van der Waals surface area contributed by atoms with E-state index >= 15 is 0 Å². The van der Waals surface area contributed by atoms with Crippen LogP contribution in [0, 0.1) is 0 Å². The Morgan fingerprint density at radius 2 is 2.22 bits per heavy atom. The Balaban J connectivity index is 1.79. The molecular weight excluding hydrogens is 314 g/mol. The van der Waals surface area contributed by atoms with E-state index in [9.17, 15) is 4.79 Å². The lowest BCUT2D eigenvalue weighted by atomic mass is 9.91. The van der Waals surface area contributed by atoms with Gasteiger partial charge in [0, 0.05) is 7.11 Å². The van der Waals surface area contributed by atoms with E-state index < -0.39 is 5.60 Å². The molecule has 0 bridgehead atoms. The number of methoxy groups -OCH3 is 1. The van der Waals surface area contributed by atoms with Gasteiger partial charge in [-0.15, -0.1) is 0 Å². The van der Waals surface area contributed by atoms with Crippen LogP contribution >= 0.6 is 11.3 Å². The molecule has 2 N–H and O–H groups in total. The largest absolute Gasteiger partial charge is 0.494 e. The molecule has 0 unspecified atom stereocenters. The van der Waals surface area contributed by atoms with E-state index in [1.54, 1.807) is 7.11 Å². The topological polar surface area (TPSA) is 72.5 Å². The van der Waals surface area contributed by atoms with E-state index in [0.29, 0.717) is 24.6 Å². The minimum atomic E-state index is -0.764. The second kappa shape index (κ2) is 6.82. The van der Waals surface area contributed by atoms with Crippen molar-refractivity contribution in [3.8, 4) is 5.75 Å². The number of anilines is 1. The molecular formula is C16H21N3O3S. The molecule has 7 heteroatoms. The number of hydrogen-bond donors (Lipinski definition) is 2. The standard InChI is InChI=1S/C16H21N3O3S/c1-3-22-11-4-5-12-13(10-11)23-15(18-12)19-14(20)16(21-2)6-8-17-9-7-16/h4-5,10,17H,3,6-9H2,1-2H3,(H,18,19,20). The fourth-order valence-corrected chi connectivity index (χ4v) is 3.67. The predicted octanol–water partition coefficient (Wildman–Crippen LogP) is 2.40. The zero-order valence-electron chi connectivity index (χ0n) is 13.3. The summed E-state index contributed by atoms with van der Waals surface area (Å²) >= 11 is 1.44. The number of carbonyl (C=O) groups is 1. The summed E-state index contributed by atoms with van der Waals surface area (Å²) in [5.74, 6) is 0.693. The highest BCUT2D eigenvalue weighted by atomic mass is 32.1. The summed E-state index contributed by atoms with van der Waals surface area (Å²) in [4.78, 5) is 17.1. The number of carbonyl (C=O) groups excluding carboxylic acids is 1. The summed E-state index contributed by atoms with van der Waals surface area (Å²) in [6.45, 7) is 4.13. The van der Waals surface area contributed by atoms with Crippen LogP contribution in [0.25, 0.3) is 10.2 Å². The Morgan fingerprint density at radius 3 is 2.91 bits per heavy atom. The van der Waals surface area contributed by atoms with Gasteiger partial charge in [-0.3, -0.25) is 10.1 Å². The van der Waals surface area contributed by atoms with Crippen molar-refractivity contribution in [2.24, 2.45) is 0 Å². The molecule has 23 heavy (non-hydrogen) atoms. The van der Waals surface area contributed by atoms with Crippen LogP contribution in [0.4, 0.5) is 5.13 Å². The van der Waals surface area contributed by atoms with Crippen LogP contribution < -0.4 is 15.4 Å². The van der Waals surface area contributed by atoms with Crippen molar-refractivity contribution in [2.45, 2.75) is 25.4 Å². The SMILES string of the molecule is CCOc1ccc2nc(NC(=O)C3(OC)CCNCC3)sc2c1. The number of amides is 1. The van der Waals surface area contributed by atoms with E-state index in [-0.39, 0.29) is 5.91 Å². The van der Waals surface area contributed by atoms with E-state index in [1.807, 2.05) is 25.1 Å². The van der Waals surface area contributed by atoms with Crippen molar-refractivity contribution in [2.75, 3.05) is 32.1 Å². The smallest absolute Gasteiger partial charge is 0.258 e. The number of aromatic nitrogens is 1. The fraction of sp³-hybridized carbons (Fsp3) is 0.500. The number of thiazole rings is 1. The van der Waals surface area contributed by atoms with Gasteiger partial charge in [0.25, 0.3) is 5.91 Å². The highest BCUT2D eigenvalue weighted by Crippen LogP contribution is 2.31. The molecule has 2 aromatic rings. The first-order valence-electron chi connectivity index (χ1n) is 7.77. The van der Waals surface area contributed by atoms with Crippen molar-refractivity contribution in [1.82, 2.24) is 10.3 Å². The molecule has 1 saturated heterocycles. The monoisotopic (exact) mass is 335 g/mol. The Kier molecular flexibility index (Phi) is 4.79. The minimum Gasteiger partial charge on any atom is -0.494 e. The number of benzene rings is 1. The lowest BCUT2D eigenvalue weighted by Crippen LogP contribution is -2.51. The van der Waals surface area contributed by atoms with Crippen LogP contribution in [0.3, 0.4) is 0 Å². The summed E-state index contributed by atoms with van der Waals surface area (Å²) in [5, 5.41) is 6.76. The Hall–Kier alpha value is -1.70. The first-order chi connectivity index (χ1) is 11.2. The molecule has 1 aromatic carbocycles. The summed E-state index contributed by atoms with van der Waals surface area (Å²) in [6, 6.07) is 5.74. The highest BCUT2D eigenvalue weighted by Gasteiger charge is 2.40. The molecule has 0 radical (unpaired) electrons. The third-order valence-corrected chi connectivity index (χ3v) is 5.04. The Morgan fingerprint density at radius 1 is 1.43 bits per heavy atom. The summed E-state index contributed by atoms with van der Waals surface area (Å²) in [7, 11) is 1.59. The maximum atomic E-state index is 12.6. The van der Waals surface area contributed by atoms with Gasteiger partial charge in [0.05, 0.1) is 16.8 Å². The number of piperidine rings is 1. The maximum absolute atomic E-state index is 12.6. The van der Waals surface area contributed by atoms with Crippen LogP contribution in [-0.4, -0.2) is 43.3 Å². The van der Waals surface area contributed by atoms with Gasteiger partial charge in [-0.05, 0) is 51.1 Å². The number of hydrogen-bond acceptors (Lipinski definition) is 6. The summed E-state index contributed by atoms with van der Waals surface area (Å²) in [5.41, 5.74) is 0.0880. The predicted molar refractivity (Wildman–Crippen MR) is 91.3 cm³/mol. The zero-order valence-corrected chi connectivity index (χ0v) is 14.2. The number of nitrogens with zero attached hydrogens (tertiary/aromatic N) is 1. The molecule has 6 nitrogen and oxygen atoms in total. The summed E-state index contributed by atoms with van der Waals surface area (Å²) < 4.78 is 12.0. The van der Waals surface area contributed by atoms with Crippen LogP contribution in [0.1, 0.15) is 19.8 Å². The third-order valence-electron chi connectivity index (χ3n) is 4.11. The van der Waals surface area contributed by atoms with Gasteiger partial charge in [-0.2, -0.15) is 0 Å². The van der Waals surface area contributed by atoms with E-state index in [4.69, 9.17) is 9.47 Å². The van der Waals surface area contributed by atoms with Gasteiger partial charge in [-0.1, -0.05) is 11.3 Å². The van der Waals surface area contributed by atoms with Crippen LogP contribution in [0.5, 0.6) is 5.75 Å². The lowest BCUT2D eigenvalue weighted by molar-refractivity contribution is -0.140. The van der Waals surface area contributed by atoms with Crippen LogP contribution in [0.2, 0.25) is 0 Å². The molecule has 1 aromatic heterocycles. The number of rotatable bonds is 5. The molecule has 0 atom stereocenters. The molecule has 1 aliphatic rings. The van der Waals surface area contributed by atoms with Gasteiger partial charge in [0.1, 0.15) is 11.4 Å². The van der Waals surface area contributed by atoms with Crippen molar-refractivity contribution < 1.29 is 14.3 Å². The average Bonchev–Trinajstić information content (AvgIpc) is 2.97. The van der Waals surface area contributed by atoms with Crippen LogP contribution in [0.15, 0.2) is 18.2 Å². The molecule has 0 saturated carbocycles. The Labute approximate surface area is 139 Å². The molecule has 3 rings (SSSR count). The van der Waals surface area contributed by atoms with Crippen molar-refractivity contribution >= 4 is 32.6 Å².